The third-order valence-corrected chi connectivity index (χ3v) is 3.31. The minimum atomic E-state index is 0.261. The van der Waals surface area contributed by atoms with E-state index in [1.54, 1.807) is 0 Å². The molecule has 0 spiro atoms. The van der Waals surface area contributed by atoms with E-state index in [0.717, 1.165) is 11.3 Å². The largest absolute Gasteiger partial charge is 0.393 e. The fourth-order valence-corrected chi connectivity index (χ4v) is 2.07. The molecule has 3 N–H and O–H groups in total. The van der Waals surface area contributed by atoms with Gasteiger partial charge in [-0.3, -0.25) is 0 Å². The van der Waals surface area contributed by atoms with Crippen LogP contribution in [0.2, 0.25) is 5.15 Å². The van der Waals surface area contributed by atoms with Gasteiger partial charge in [0.05, 0.1) is 0 Å². The zero-order chi connectivity index (χ0) is 14.0. The van der Waals surface area contributed by atoms with Crippen molar-refractivity contribution < 1.29 is 0 Å². The average molecular weight is 277 g/mol. The van der Waals surface area contributed by atoms with Crippen molar-refractivity contribution in [3.8, 4) is 0 Å². The lowest BCUT2D eigenvalue weighted by atomic mass is 9.98. The maximum atomic E-state index is 5.91. The zero-order valence-electron chi connectivity index (χ0n) is 11.2. The van der Waals surface area contributed by atoms with Gasteiger partial charge in [0, 0.05) is 5.69 Å². The van der Waals surface area contributed by atoms with Gasteiger partial charge in [0.15, 0.2) is 11.0 Å². The van der Waals surface area contributed by atoms with Gasteiger partial charge in [0.1, 0.15) is 12.0 Å². The van der Waals surface area contributed by atoms with Crippen molar-refractivity contribution in [3.63, 3.8) is 0 Å². The number of hydrogen-bond donors (Lipinski definition) is 2. The molecular formula is C14H17ClN4. The van der Waals surface area contributed by atoms with Gasteiger partial charge in [-0.05, 0) is 24.0 Å². The number of rotatable bonds is 3. The molecule has 0 amide bonds. The van der Waals surface area contributed by atoms with Crippen LogP contribution in [-0.4, -0.2) is 9.97 Å². The monoisotopic (exact) mass is 276 g/mol. The van der Waals surface area contributed by atoms with Gasteiger partial charge in [-0.25, -0.2) is 9.97 Å². The Morgan fingerprint density at radius 2 is 2.00 bits per heavy atom. The molecule has 1 aromatic heterocycles. The SMILES string of the molecule is Cc1cccc(C(C)C)c1Nc1ncnc(Cl)c1N. The number of nitrogens with two attached hydrogens (primary N) is 1. The van der Waals surface area contributed by atoms with E-state index in [-0.39, 0.29) is 5.15 Å². The van der Waals surface area contributed by atoms with Gasteiger partial charge in [0.25, 0.3) is 0 Å². The van der Waals surface area contributed by atoms with Crippen LogP contribution in [0.15, 0.2) is 24.5 Å². The summed E-state index contributed by atoms with van der Waals surface area (Å²) in [6, 6.07) is 6.19. The van der Waals surface area contributed by atoms with Crippen LogP contribution in [-0.2, 0) is 0 Å². The molecule has 0 aliphatic carbocycles. The van der Waals surface area contributed by atoms with Crippen molar-refractivity contribution in [2.45, 2.75) is 26.7 Å². The third kappa shape index (κ3) is 2.79. The van der Waals surface area contributed by atoms with Crippen LogP contribution in [0.4, 0.5) is 17.2 Å². The van der Waals surface area contributed by atoms with Crippen molar-refractivity contribution in [1.29, 1.82) is 0 Å². The Morgan fingerprint density at radius 1 is 1.26 bits per heavy atom. The molecule has 0 saturated carbocycles. The summed E-state index contributed by atoms with van der Waals surface area (Å²) >= 11 is 5.91. The lowest BCUT2D eigenvalue weighted by Gasteiger charge is -2.17. The van der Waals surface area contributed by atoms with E-state index >= 15 is 0 Å². The second-order valence-electron chi connectivity index (χ2n) is 4.75. The summed E-state index contributed by atoms with van der Waals surface area (Å²) in [6.07, 6.45) is 1.40. The molecular weight excluding hydrogens is 260 g/mol. The number of halogens is 1. The maximum Gasteiger partial charge on any atom is 0.158 e. The van der Waals surface area contributed by atoms with Crippen LogP contribution < -0.4 is 11.1 Å². The number of benzene rings is 1. The van der Waals surface area contributed by atoms with Crippen LogP contribution in [0, 0.1) is 6.92 Å². The summed E-state index contributed by atoms with van der Waals surface area (Å²) in [4.78, 5) is 7.99. The molecule has 19 heavy (non-hydrogen) atoms. The Balaban J connectivity index is 2.46. The number of nitrogens with one attached hydrogen (secondary N) is 1. The molecule has 0 aliphatic heterocycles. The molecule has 0 unspecified atom stereocenters. The van der Waals surface area contributed by atoms with E-state index in [1.165, 1.54) is 11.9 Å². The van der Waals surface area contributed by atoms with Gasteiger partial charge in [-0.15, -0.1) is 0 Å². The molecule has 1 heterocycles. The quantitative estimate of drug-likeness (QED) is 0.835. The first-order valence-corrected chi connectivity index (χ1v) is 6.51. The predicted octanol–water partition coefficient (Wildman–Crippen LogP) is 3.89. The normalized spacial score (nSPS) is 10.8. The zero-order valence-corrected chi connectivity index (χ0v) is 12.0. The Morgan fingerprint density at radius 3 is 2.68 bits per heavy atom. The first-order valence-electron chi connectivity index (χ1n) is 6.13. The lowest BCUT2D eigenvalue weighted by Crippen LogP contribution is -2.05. The molecule has 2 rings (SSSR count). The molecule has 0 fully saturated rings. The maximum absolute atomic E-state index is 5.91. The fourth-order valence-electron chi connectivity index (χ4n) is 1.93. The first kappa shape index (κ1) is 13.6. The number of nitrogen functional groups attached to an aromatic ring is 1. The minimum absolute atomic E-state index is 0.261. The highest BCUT2D eigenvalue weighted by Crippen LogP contribution is 2.32. The molecule has 2 aromatic rings. The van der Waals surface area contributed by atoms with Gasteiger partial charge in [-0.1, -0.05) is 43.6 Å². The number of hydrogen-bond acceptors (Lipinski definition) is 4. The van der Waals surface area contributed by atoms with Crippen molar-refractivity contribution in [2.24, 2.45) is 0 Å². The molecule has 0 radical (unpaired) electrons. The molecule has 0 atom stereocenters. The molecule has 0 saturated heterocycles. The van der Waals surface area contributed by atoms with Crippen molar-refractivity contribution in [1.82, 2.24) is 9.97 Å². The molecule has 0 aliphatic rings. The topological polar surface area (TPSA) is 63.8 Å². The Kier molecular flexibility index (Phi) is 3.90. The smallest absolute Gasteiger partial charge is 0.158 e. The highest BCUT2D eigenvalue weighted by Gasteiger charge is 2.12. The molecule has 4 nitrogen and oxygen atoms in total. The highest BCUT2D eigenvalue weighted by atomic mass is 35.5. The molecule has 100 valence electrons. The lowest BCUT2D eigenvalue weighted by molar-refractivity contribution is 0.867. The molecule has 5 heteroatoms. The van der Waals surface area contributed by atoms with Gasteiger partial charge >= 0.3 is 0 Å². The summed E-state index contributed by atoms with van der Waals surface area (Å²) < 4.78 is 0. The summed E-state index contributed by atoms with van der Waals surface area (Å²) in [7, 11) is 0. The average Bonchev–Trinajstić information content (AvgIpc) is 2.36. The Bertz CT molecular complexity index is 596. The van der Waals surface area contributed by atoms with E-state index in [4.69, 9.17) is 17.3 Å². The number of para-hydroxylation sites is 1. The number of anilines is 3. The van der Waals surface area contributed by atoms with Gasteiger partial charge < -0.3 is 11.1 Å². The van der Waals surface area contributed by atoms with E-state index in [0.29, 0.717) is 17.4 Å². The van der Waals surface area contributed by atoms with Crippen LogP contribution in [0.25, 0.3) is 0 Å². The first-order chi connectivity index (χ1) is 9.00. The van der Waals surface area contributed by atoms with Crippen LogP contribution in [0.3, 0.4) is 0 Å². The van der Waals surface area contributed by atoms with E-state index < -0.39 is 0 Å². The number of nitrogens with zero attached hydrogens (tertiary/aromatic N) is 2. The molecule has 0 bridgehead atoms. The third-order valence-electron chi connectivity index (χ3n) is 3.01. The summed E-state index contributed by atoms with van der Waals surface area (Å²) in [5, 5.41) is 3.53. The second kappa shape index (κ2) is 5.45. The van der Waals surface area contributed by atoms with Gasteiger partial charge in [-0.2, -0.15) is 0 Å². The van der Waals surface area contributed by atoms with E-state index in [2.05, 4.69) is 35.2 Å². The second-order valence-corrected chi connectivity index (χ2v) is 5.10. The summed E-state index contributed by atoms with van der Waals surface area (Å²) in [6.45, 7) is 6.35. The van der Waals surface area contributed by atoms with Crippen molar-refractivity contribution in [2.75, 3.05) is 11.1 Å². The number of aromatic nitrogens is 2. The highest BCUT2D eigenvalue weighted by molar-refractivity contribution is 6.32. The Hall–Kier alpha value is -1.81. The fraction of sp³-hybridized carbons (Fsp3) is 0.286. The van der Waals surface area contributed by atoms with Crippen LogP contribution in [0.1, 0.15) is 30.9 Å². The Labute approximate surface area is 118 Å². The van der Waals surface area contributed by atoms with Crippen molar-refractivity contribution in [3.05, 3.63) is 40.8 Å². The summed E-state index contributed by atoms with van der Waals surface area (Å²) in [5.41, 5.74) is 9.63. The van der Waals surface area contributed by atoms with Crippen molar-refractivity contribution >= 4 is 28.8 Å². The summed E-state index contributed by atoms with van der Waals surface area (Å²) in [5.74, 6) is 0.942. The van der Waals surface area contributed by atoms with E-state index in [9.17, 15) is 0 Å². The van der Waals surface area contributed by atoms with Crippen LogP contribution in [0.5, 0.6) is 0 Å². The predicted molar refractivity (Wildman–Crippen MR) is 80.0 cm³/mol. The number of aryl methyl sites for hydroxylation is 1. The minimum Gasteiger partial charge on any atom is -0.393 e. The van der Waals surface area contributed by atoms with Crippen LogP contribution >= 0.6 is 11.6 Å². The van der Waals surface area contributed by atoms with E-state index in [1.807, 2.05) is 19.1 Å². The van der Waals surface area contributed by atoms with Gasteiger partial charge in [0.2, 0.25) is 0 Å². The molecule has 1 aromatic carbocycles. The standard InChI is InChI=1S/C14H17ClN4/c1-8(2)10-6-4-5-9(3)12(10)19-14-11(16)13(15)17-7-18-14/h4-8H,16H2,1-3H3,(H,17,18,19).